The van der Waals surface area contributed by atoms with Crippen molar-refractivity contribution in [2.24, 2.45) is 29.6 Å². The first kappa shape index (κ1) is 16.6. The molecular formula is C21H36O. The van der Waals surface area contributed by atoms with E-state index >= 15 is 0 Å². The molecule has 0 bridgehead atoms. The summed E-state index contributed by atoms with van der Waals surface area (Å²) < 4.78 is 5.79. The molecule has 1 saturated carbocycles. The maximum absolute atomic E-state index is 5.79. The molecule has 2 fully saturated rings. The zero-order valence-corrected chi connectivity index (χ0v) is 14.8. The Morgan fingerprint density at radius 2 is 1.95 bits per heavy atom. The zero-order chi connectivity index (χ0) is 15.4. The highest BCUT2D eigenvalue weighted by Gasteiger charge is 2.29. The predicted molar refractivity (Wildman–Crippen MR) is 93.8 cm³/mol. The average molecular weight is 305 g/mol. The number of ether oxygens (including phenoxy) is 1. The van der Waals surface area contributed by atoms with Crippen molar-refractivity contribution in [2.75, 3.05) is 6.61 Å². The van der Waals surface area contributed by atoms with Crippen molar-refractivity contribution in [1.82, 2.24) is 0 Å². The second-order valence-electron chi connectivity index (χ2n) is 8.61. The monoisotopic (exact) mass is 304 g/mol. The number of hydrogen-bond acceptors (Lipinski definition) is 1. The molecule has 22 heavy (non-hydrogen) atoms. The van der Waals surface area contributed by atoms with Crippen LogP contribution in [0.1, 0.15) is 78.1 Å². The van der Waals surface area contributed by atoms with Gasteiger partial charge in [0.25, 0.3) is 0 Å². The van der Waals surface area contributed by atoms with Gasteiger partial charge >= 0.3 is 0 Å². The average Bonchev–Trinajstić information content (AvgIpc) is 3.16. The van der Waals surface area contributed by atoms with Gasteiger partial charge in [0, 0.05) is 6.61 Å². The summed E-state index contributed by atoms with van der Waals surface area (Å²) in [5, 5.41) is 0. The summed E-state index contributed by atoms with van der Waals surface area (Å²) in [6, 6.07) is 0. The first-order chi connectivity index (χ1) is 10.7. The molecular weight excluding hydrogens is 268 g/mol. The van der Waals surface area contributed by atoms with Gasteiger partial charge in [-0.1, -0.05) is 38.8 Å². The van der Waals surface area contributed by atoms with Crippen LogP contribution in [0, 0.1) is 29.6 Å². The third kappa shape index (κ3) is 4.60. The van der Waals surface area contributed by atoms with Crippen LogP contribution < -0.4 is 0 Å². The van der Waals surface area contributed by atoms with Gasteiger partial charge < -0.3 is 4.74 Å². The van der Waals surface area contributed by atoms with Crippen molar-refractivity contribution in [3.63, 3.8) is 0 Å². The molecule has 1 aliphatic heterocycles. The zero-order valence-electron chi connectivity index (χ0n) is 14.8. The summed E-state index contributed by atoms with van der Waals surface area (Å²) in [5.74, 6) is 4.71. The van der Waals surface area contributed by atoms with Crippen LogP contribution in [0.15, 0.2) is 12.2 Å². The Labute approximate surface area is 137 Å². The van der Waals surface area contributed by atoms with Gasteiger partial charge in [0.2, 0.25) is 0 Å². The molecule has 0 amide bonds. The summed E-state index contributed by atoms with van der Waals surface area (Å²) in [4.78, 5) is 0. The van der Waals surface area contributed by atoms with Gasteiger partial charge in [-0.05, 0) is 81.0 Å². The standard InChI is InChI=1S/C21H36O/c1-16-5-3-6-20(13-16)17(2)14-19-9-8-18(15-19)10-11-21-7-4-12-22-21/h3,5,16-21H,4,6-15H2,1-2H3. The van der Waals surface area contributed by atoms with Crippen molar-refractivity contribution in [3.8, 4) is 0 Å². The highest BCUT2D eigenvalue weighted by Crippen LogP contribution is 2.41. The van der Waals surface area contributed by atoms with E-state index in [2.05, 4.69) is 26.0 Å². The highest BCUT2D eigenvalue weighted by atomic mass is 16.5. The molecule has 0 spiro atoms. The van der Waals surface area contributed by atoms with Crippen LogP contribution in [0.5, 0.6) is 0 Å². The van der Waals surface area contributed by atoms with E-state index < -0.39 is 0 Å². The van der Waals surface area contributed by atoms with E-state index in [1.165, 1.54) is 64.2 Å². The first-order valence-electron chi connectivity index (χ1n) is 9.99. The van der Waals surface area contributed by atoms with E-state index in [1.807, 2.05) is 0 Å². The summed E-state index contributed by atoms with van der Waals surface area (Å²) in [6.45, 7) is 5.92. The Morgan fingerprint density at radius 1 is 1.09 bits per heavy atom. The van der Waals surface area contributed by atoms with Gasteiger partial charge in [0.15, 0.2) is 0 Å². The lowest BCUT2D eigenvalue weighted by Crippen LogP contribution is -2.19. The molecule has 0 aromatic rings. The summed E-state index contributed by atoms with van der Waals surface area (Å²) in [5.41, 5.74) is 0. The molecule has 6 unspecified atom stereocenters. The largest absolute Gasteiger partial charge is 0.378 e. The molecule has 0 aromatic heterocycles. The molecule has 0 aromatic carbocycles. The second-order valence-corrected chi connectivity index (χ2v) is 8.61. The lowest BCUT2D eigenvalue weighted by atomic mass is 9.76. The first-order valence-corrected chi connectivity index (χ1v) is 9.99. The summed E-state index contributed by atoms with van der Waals surface area (Å²) in [7, 11) is 0. The van der Waals surface area contributed by atoms with Crippen molar-refractivity contribution >= 4 is 0 Å². The topological polar surface area (TPSA) is 9.23 Å². The quantitative estimate of drug-likeness (QED) is 0.548. The molecule has 1 nitrogen and oxygen atoms in total. The Bertz CT molecular complexity index is 355. The van der Waals surface area contributed by atoms with Crippen LogP contribution in [0.25, 0.3) is 0 Å². The van der Waals surface area contributed by atoms with Gasteiger partial charge in [-0.3, -0.25) is 0 Å². The lowest BCUT2D eigenvalue weighted by Gasteiger charge is -2.29. The van der Waals surface area contributed by atoms with E-state index in [4.69, 9.17) is 4.74 Å². The van der Waals surface area contributed by atoms with Crippen LogP contribution in [0.3, 0.4) is 0 Å². The minimum Gasteiger partial charge on any atom is -0.378 e. The minimum absolute atomic E-state index is 0.605. The molecule has 1 heteroatoms. The Balaban J connectivity index is 1.36. The van der Waals surface area contributed by atoms with Gasteiger partial charge in [0.1, 0.15) is 0 Å². The van der Waals surface area contributed by atoms with E-state index in [0.29, 0.717) is 6.10 Å². The smallest absolute Gasteiger partial charge is 0.0576 e. The molecule has 1 saturated heterocycles. The van der Waals surface area contributed by atoms with Gasteiger partial charge in [0.05, 0.1) is 6.10 Å². The Hall–Kier alpha value is -0.300. The van der Waals surface area contributed by atoms with E-state index in [1.54, 1.807) is 0 Å². The van der Waals surface area contributed by atoms with Crippen molar-refractivity contribution in [1.29, 1.82) is 0 Å². The van der Waals surface area contributed by atoms with Crippen molar-refractivity contribution < 1.29 is 4.74 Å². The van der Waals surface area contributed by atoms with E-state index in [-0.39, 0.29) is 0 Å². The fraction of sp³-hybridized carbons (Fsp3) is 0.905. The van der Waals surface area contributed by atoms with Crippen molar-refractivity contribution in [3.05, 3.63) is 12.2 Å². The van der Waals surface area contributed by atoms with Crippen LogP contribution in [0.4, 0.5) is 0 Å². The van der Waals surface area contributed by atoms with Crippen molar-refractivity contribution in [2.45, 2.75) is 84.2 Å². The number of rotatable bonds is 6. The van der Waals surface area contributed by atoms with Crippen LogP contribution in [-0.2, 0) is 4.74 Å². The molecule has 3 rings (SSSR count). The second kappa shape index (κ2) is 7.99. The normalized spacial score (nSPS) is 40.2. The van der Waals surface area contributed by atoms with Gasteiger partial charge in [-0.25, -0.2) is 0 Å². The predicted octanol–water partition coefficient (Wildman–Crippen LogP) is 5.99. The Morgan fingerprint density at radius 3 is 2.73 bits per heavy atom. The molecule has 1 heterocycles. The summed E-state index contributed by atoms with van der Waals surface area (Å²) >= 11 is 0. The van der Waals surface area contributed by atoms with E-state index in [0.717, 1.165) is 36.2 Å². The highest BCUT2D eigenvalue weighted by molar-refractivity contribution is 4.96. The van der Waals surface area contributed by atoms with Crippen LogP contribution >= 0.6 is 0 Å². The van der Waals surface area contributed by atoms with E-state index in [9.17, 15) is 0 Å². The fourth-order valence-electron chi connectivity index (χ4n) is 5.27. The maximum atomic E-state index is 5.79. The molecule has 6 atom stereocenters. The van der Waals surface area contributed by atoms with Crippen LogP contribution in [-0.4, -0.2) is 12.7 Å². The summed E-state index contributed by atoms with van der Waals surface area (Å²) in [6.07, 6.45) is 19.6. The minimum atomic E-state index is 0.605. The number of hydrogen-bond donors (Lipinski definition) is 0. The van der Waals surface area contributed by atoms with Gasteiger partial charge in [-0.15, -0.1) is 0 Å². The molecule has 0 radical (unpaired) electrons. The maximum Gasteiger partial charge on any atom is 0.0576 e. The third-order valence-corrected chi connectivity index (χ3v) is 6.66. The SMILES string of the molecule is CC1C=CCC(C(C)CC2CCC(CCC3CCCO3)C2)C1. The van der Waals surface area contributed by atoms with Gasteiger partial charge in [-0.2, -0.15) is 0 Å². The third-order valence-electron chi connectivity index (χ3n) is 6.66. The molecule has 2 aliphatic carbocycles. The fourth-order valence-corrected chi connectivity index (χ4v) is 5.27. The van der Waals surface area contributed by atoms with Crippen LogP contribution in [0.2, 0.25) is 0 Å². The number of allylic oxidation sites excluding steroid dienone is 2. The molecule has 0 N–H and O–H groups in total. The molecule has 126 valence electrons. The lowest BCUT2D eigenvalue weighted by molar-refractivity contribution is 0.0980. The Kier molecular flexibility index (Phi) is 6.02. The molecule has 3 aliphatic rings.